The van der Waals surface area contributed by atoms with Crippen LogP contribution in [-0.4, -0.2) is 45.8 Å². The van der Waals surface area contributed by atoms with Crippen LogP contribution in [0.5, 0.6) is 0 Å². The minimum Gasteiger partial charge on any atom is -0.479 e. The van der Waals surface area contributed by atoms with Gasteiger partial charge in [-0.1, -0.05) is 13.3 Å². The number of carboxylic acids is 1. The zero-order chi connectivity index (χ0) is 13.9. The monoisotopic (exact) mass is 338 g/mol. The molecular weight excluding hydrogens is 319 g/mol. The van der Waals surface area contributed by atoms with Crippen LogP contribution in [0.2, 0.25) is 0 Å². The number of hydrogen-bond acceptors (Lipinski definition) is 4. The second kappa shape index (κ2) is 8.21. The van der Waals surface area contributed by atoms with Crippen molar-refractivity contribution in [3.8, 4) is 0 Å². The van der Waals surface area contributed by atoms with E-state index < -0.39 is 17.4 Å². The Morgan fingerprint density at radius 2 is 2.19 bits per heavy atom. The highest BCUT2D eigenvalue weighted by molar-refractivity contribution is 5.96. The number of aryl methyl sites for hydroxylation is 1. The maximum atomic E-state index is 12.0. The lowest BCUT2D eigenvalue weighted by atomic mass is 9.98. The number of carbonyl (C=O) groups is 2. The highest BCUT2D eigenvalue weighted by Gasteiger charge is 2.43. The molecule has 2 rings (SSSR count). The molecule has 2 heterocycles. The molecule has 0 radical (unpaired) electrons. The Bertz CT molecular complexity index is 487. The fraction of sp³-hybridized carbons (Fsp3) is 0.583. The van der Waals surface area contributed by atoms with Crippen molar-refractivity contribution >= 4 is 36.7 Å². The largest absolute Gasteiger partial charge is 0.479 e. The maximum absolute atomic E-state index is 12.0. The number of rotatable bonds is 5. The van der Waals surface area contributed by atoms with Crippen molar-refractivity contribution in [3.63, 3.8) is 0 Å². The number of aromatic amines is 1. The molecule has 1 fully saturated rings. The summed E-state index contributed by atoms with van der Waals surface area (Å²) in [5, 5.41) is 21.5. The summed E-state index contributed by atoms with van der Waals surface area (Å²) in [6.07, 6.45) is 2.14. The first-order valence-electron chi connectivity index (χ1n) is 6.38. The summed E-state index contributed by atoms with van der Waals surface area (Å²) in [6, 6.07) is 1.66. The van der Waals surface area contributed by atoms with Crippen molar-refractivity contribution in [3.05, 3.63) is 17.5 Å². The highest BCUT2D eigenvalue weighted by Crippen LogP contribution is 2.16. The Labute approximate surface area is 135 Å². The summed E-state index contributed by atoms with van der Waals surface area (Å²) in [6.45, 7) is 2.85. The van der Waals surface area contributed by atoms with Crippen molar-refractivity contribution in [2.24, 2.45) is 0 Å². The summed E-state index contributed by atoms with van der Waals surface area (Å²) in [5.41, 5.74) is -0.112. The van der Waals surface area contributed by atoms with Gasteiger partial charge in [-0.3, -0.25) is 9.89 Å². The van der Waals surface area contributed by atoms with Gasteiger partial charge >= 0.3 is 5.97 Å². The molecule has 1 unspecified atom stereocenters. The Morgan fingerprint density at radius 1 is 1.48 bits per heavy atom. The summed E-state index contributed by atoms with van der Waals surface area (Å²) in [5.74, 6) is -1.47. The molecule has 0 saturated carbocycles. The van der Waals surface area contributed by atoms with Gasteiger partial charge in [0.05, 0.1) is 0 Å². The Hall–Kier alpha value is -1.31. The van der Waals surface area contributed by atoms with Crippen LogP contribution in [-0.2, 0) is 11.2 Å². The minimum absolute atomic E-state index is 0. The van der Waals surface area contributed by atoms with Crippen molar-refractivity contribution in [1.82, 2.24) is 20.8 Å². The Balaban J connectivity index is 0.00000200. The number of carbonyl (C=O) groups excluding carboxylic acids is 1. The predicted octanol–water partition coefficient (Wildman–Crippen LogP) is 0.752. The van der Waals surface area contributed by atoms with Crippen molar-refractivity contribution in [2.75, 3.05) is 13.1 Å². The molecule has 0 spiro atoms. The lowest BCUT2D eigenvalue weighted by molar-refractivity contribution is -0.143. The van der Waals surface area contributed by atoms with E-state index in [2.05, 4.69) is 20.8 Å². The van der Waals surface area contributed by atoms with Gasteiger partial charge in [0.25, 0.3) is 5.91 Å². The number of amides is 1. The van der Waals surface area contributed by atoms with Crippen LogP contribution in [0.4, 0.5) is 0 Å². The van der Waals surface area contributed by atoms with Crippen molar-refractivity contribution in [2.45, 2.75) is 31.7 Å². The van der Waals surface area contributed by atoms with Crippen LogP contribution in [0, 0.1) is 0 Å². The molecule has 1 aromatic heterocycles. The molecule has 1 amide bonds. The van der Waals surface area contributed by atoms with Gasteiger partial charge in [0.1, 0.15) is 5.69 Å². The van der Waals surface area contributed by atoms with Gasteiger partial charge in [-0.05, 0) is 25.5 Å². The number of hydrogen-bond donors (Lipinski definition) is 4. The number of halogens is 2. The fourth-order valence-electron chi connectivity index (χ4n) is 2.19. The first-order chi connectivity index (χ1) is 9.07. The van der Waals surface area contributed by atoms with Gasteiger partial charge in [-0.2, -0.15) is 5.10 Å². The Morgan fingerprint density at radius 3 is 2.71 bits per heavy atom. The lowest BCUT2D eigenvalue weighted by Gasteiger charge is -2.23. The van der Waals surface area contributed by atoms with Crippen LogP contribution in [0.15, 0.2) is 6.07 Å². The van der Waals surface area contributed by atoms with E-state index in [9.17, 15) is 14.7 Å². The normalized spacial score (nSPS) is 20.2. The molecule has 1 aliphatic rings. The molecule has 120 valence electrons. The first kappa shape index (κ1) is 19.7. The number of H-pyrrole nitrogens is 1. The topological polar surface area (TPSA) is 107 Å². The molecule has 1 atom stereocenters. The van der Waals surface area contributed by atoms with Crippen LogP contribution in [0.25, 0.3) is 0 Å². The predicted molar refractivity (Wildman–Crippen MR) is 82.4 cm³/mol. The van der Waals surface area contributed by atoms with Crippen LogP contribution in [0.3, 0.4) is 0 Å². The number of carboxylic acid groups (broad SMARTS) is 1. The molecule has 21 heavy (non-hydrogen) atoms. The lowest BCUT2D eigenvalue weighted by Crippen LogP contribution is -2.56. The summed E-state index contributed by atoms with van der Waals surface area (Å²) in [7, 11) is 0. The molecule has 0 aliphatic carbocycles. The molecule has 1 saturated heterocycles. The van der Waals surface area contributed by atoms with E-state index in [0.29, 0.717) is 13.0 Å². The maximum Gasteiger partial charge on any atom is 0.330 e. The van der Waals surface area contributed by atoms with Crippen LogP contribution in [0.1, 0.15) is 35.9 Å². The molecule has 0 bridgehead atoms. The van der Waals surface area contributed by atoms with Gasteiger partial charge in [-0.25, -0.2) is 4.79 Å². The van der Waals surface area contributed by atoms with E-state index in [1.165, 1.54) is 0 Å². The van der Waals surface area contributed by atoms with Crippen LogP contribution >= 0.6 is 24.8 Å². The molecule has 7 nitrogen and oxygen atoms in total. The third-order valence-electron chi connectivity index (χ3n) is 3.30. The number of nitrogens with one attached hydrogen (secondary N) is 3. The second-order valence-corrected chi connectivity index (χ2v) is 4.80. The van der Waals surface area contributed by atoms with Crippen molar-refractivity contribution < 1.29 is 14.7 Å². The first-order valence-corrected chi connectivity index (χ1v) is 6.38. The zero-order valence-electron chi connectivity index (χ0n) is 11.6. The van der Waals surface area contributed by atoms with Crippen LogP contribution < -0.4 is 10.6 Å². The third-order valence-corrected chi connectivity index (χ3v) is 3.30. The smallest absolute Gasteiger partial charge is 0.330 e. The minimum atomic E-state index is -1.22. The number of nitrogens with zero attached hydrogens (tertiary/aromatic N) is 1. The average molecular weight is 339 g/mol. The Kier molecular flexibility index (Phi) is 7.70. The standard InChI is InChI=1S/C12H18N4O3.2ClH/c1-2-3-8-6-9(16-15-8)10(17)14-12(11(18)19)4-5-13-7-12;;/h6,13H,2-5,7H2,1H3,(H,14,17)(H,15,16)(H,18,19);2*1H. The van der Waals surface area contributed by atoms with E-state index in [-0.39, 0.29) is 37.1 Å². The fourth-order valence-corrected chi connectivity index (χ4v) is 2.19. The SMILES string of the molecule is CCCc1cc(C(=O)NC2(C(=O)O)CCNC2)n[nH]1.Cl.Cl. The third kappa shape index (κ3) is 4.33. The van der Waals surface area contributed by atoms with Gasteiger partial charge in [-0.15, -0.1) is 24.8 Å². The summed E-state index contributed by atoms with van der Waals surface area (Å²) < 4.78 is 0. The second-order valence-electron chi connectivity index (χ2n) is 4.80. The molecule has 4 N–H and O–H groups in total. The molecular formula is C12H20Cl2N4O3. The number of aliphatic carboxylic acids is 1. The van der Waals surface area contributed by atoms with E-state index in [4.69, 9.17) is 0 Å². The van der Waals surface area contributed by atoms with E-state index in [0.717, 1.165) is 18.5 Å². The van der Waals surface area contributed by atoms with Crippen molar-refractivity contribution in [1.29, 1.82) is 0 Å². The summed E-state index contributed by atoms with van der Waals surface area (Å²) in [4.78, 5) is 23.4. The van der Waals surface area contributed by atoms with E-state index >= 15 is 0 Å². The van der Waals surface area contributed by atoms with Gasteiger partial charge in [0.15, 0.2) is 5.54 Å². The van der Waals surface area contributed by atoms with Gasteiger partial charge in [0.2, 0.25) is 0 Å². The zero-order valence-corrected chi connectivity index (χ0v) is 13.3. The van der Waals surface area contributed by atoms with Gasteiger partial charge in [0, 0.05) is 12.2 Å². The van der Waals surface area contributed by atoms with E-state index in [1.807, 2.05) is 6.92 Å². The molecule has 1 aromatic rings. The molecule has 1 aliphatic heterocycles. The number of aromatic nitrogens is 2. The van der Waals surface area contributed by atoms with Gasteiger partial charge < -0.3 is 15.7 Å². The molecule has 9 heteroatoms. The van der Waals surface area contributed by atoms with E-state index in [1.54, 1.807) is 6.07 Å². The summed E-state index contributed by atoms with van der Waals surface area (Å²) >= 11 is 0. The molecule has 0 aromatic carbocycles. The quantitative estimate of drug-likeness (QED) is 0.633. The highest BCUT2D eigenvalue weighted by atomic mass is 35.5. The average Bonchev–Trinajstić information content (AvgIpc) is 2.99.